The van der Waals surface area contributed by atoms with Crippen LogP contribution in [0.1, 0.15) is 29.8 Å². The number of furan rings is 1. The van der Waals surface area contributed by atoms with Gasteiger partial charge in [-0.15, -0.1) is 0 Å². The third-order valence-corrected chi connectivity index (χ3v) is 8.99. The molecule has 9 nitrogen and oxygen atoms in total. The van der Waals surface area contributed by atoms with E-state index < -0.39 is 6.04 Å². The van der Waals surface area contributed by atoms with E-state index in [2.05, 4.69) is 15.6 Å². The number of carbonyl (C=O) groups excluding carboxylic acids is 3. The van der Waals surface area contributed by atoms with Gasteiger partial charge in [0.05, 0.1) is 6.04 Å². The zero-order valence-electron chi connectivity index (χ0n) is 25.2. The lowest BCUT2D eigenvalue weighted by atomic mass is 10.0. The van der Waals surface area contributed by atoms with E-state index in [1.165, 1.54) is 0 Å². The van der Waals surface area contributed by atoms with Crippen molar-refractivity contribution in [2.45, 2.75) is 31.3 Å². The Bertz CT molecular complexity index is 1940. The second kappa shape index (κ2) is 12.4. The van der Waals surface area contributed by atoms with E-state index in [0.29, 0.717) is 35.6 Å². The molecule has 0 saturated carbocycles. The first-order valence-electron chi connectivity index (χ1n) is 15.3. The topological polar surface area (TPSA) is 108 Å². The smallest absolute Gasteiger partial charge is 0.273 e. The van der Waals surface area contributed by atoms with Crippen LogP contribution in [-0.2, 0) is 9.59 Å². The Kier molecular flexibility index (Phi) is 8.02. The largest absolute Gasteiger partial charge is 0.456 e. The molecule has 5 aromatic rings. The summed E-state index contributed by atoms with van der Waals surface area (Å²) in [5, 5.41) is 7.72. The molecule has 232 valence electrons. The van der Waals surface area contributed by atoms with Gasteiger partial charge in [0, 0.05) is 41.0 Å². The van der Waals surface area contributed by atoms with Crippen molar-refractivity contribution in [3.8, 4) is 22.6 Å². The van der Waals surface area contributed by atoms with Gasteiger partial charge in [-0.2, -0.15) is 0 Å². The summed E-state index contributed by atoms with van der Waals surface area (Å²) < 4.78 is 6.14. The third-order valence-electron chi connectivity index (χ3n) is 8.80. The fraction of sp³-hybridized carbons (Fsp3) is 0.222. The Hall–Kier alpha value is -4.99. The molecule has 7 rings (SSSR count). The van der Waals surface area contributed by atoms with Crippen LogP contribution >= 0.6 is 11.6 Å². The Labute approximate surface area is 271 Å². The minimum atomic E-state index is -0.612. The van der Waals surface area contributed by atoms with Crippen molar-refractivity contribution in [2.75, 3.05) is 30.8 Å². The summed E-state index contributed by atoms with van der Waals surface area (Å²) in [4.78, 5) is 47.3. The van der Waals surface area contributed by atoms with Gasteiger partial charge in [-0.1, -0.05) is 35.9 Å². The van der Waals surface area contributed by atoms with E-state index in [9.17, 15) is 14.4 Å². The molecule has 2 aromatic heterocycles. The molecule has 2 aliphatic heterocycles. The van der Waals surface area contributed by atoms with Crippen LogP contribution in [0.15, 0.2) is 95.4 Å². The van der Waals surface area contributed by atoms with Crippen LogP contribution in [0.5, 0.6) is 0 Å². The number of rotatable bonds is 7. The van der Waals surface area contributed by atoms with E-state index >= 15 is 0 Å². The number of pyridine rings is 1. The molecule has 2 fully saturated rings. The minimum absolute atomic E-state index is 0.0130. The number of likely N-dealkylation sites (tertiary alicyclic amines) is 2. The van der Waals surface area contributed by atoms with Crippen LogP contribution in [0.4, 0.5) is 11.4 Å². The third kappa shape index (κ3) is 5.87. The Morgan fingerprint density at radius 3 is 1.98 bits per heavy atom. The first-order chi connectivity index (χ1) is 22.3. The quantitative estimate of drug-likeness (QED) is 0.193. The first kappa shape index (κ1) is 29.7. The summed E-state index contributed by atoms with van der Waals surface area (Å²) in [5.74, 6) is 0.855. The highest BCUT2D eigenvalue weighted by molar-refractivity contribution is 6.30. The molecule has 2 aliphatic rings. The van der Waals surface area contributed by atoms with Crippen molar-refractivity contribution in [1.82, 2.24) is 14.8 Å². The molecule has 0 radical (unpaired) electrons. The lowest BCUT2D eigenvalue weighted by Crippen LogP contribution is -2.51. The standard InChI is InChI=1S/C36H32ClN5O4/c1-41-20-18-28(41)34(43)38-25-12-8-22(9-13-25)30-16-17-31(46-30)23-10-14-26(15-11-23)39-35(44)29-7-4-19-42(29)36(45)33-27-6-3-2-5-24(27)21-32(37)40-33/h2-3,5-6,8-17,21,28-29H,4,7,18-20H2,1H3,(H,38,43)(H,39,44)/t28?,29-/m0/s1. The van der Waals surface area contributed by atoms with Crippen LogP contribution in [0.25, 0.3) is 33.4 Å². The molecule has 2 atom stereocenters. The van der Waals surface area contributed by atoms with E-state index in [4.69, 9.17) is 16.0 Å². The van der Waals surface area contributed by atoms with Gasteiger partial charge in [0.25, 0.3) is 5.91 Å². The fourth-order valence-electron chi connectivity index (χ4n) is 6.13. The van der Waals surface area contributed by atoms with Gasteiger partial charge < -0.3 is 20.0 Å². The average molecular weight is 634 g/mol. The highest BCUT2D eigenvalue weighted by Gasteiger charge is 2.36. The van der Waals surface area contributed by atoms with Gasteiger partial charge in [0.1, 0.15) is 28.4 Å². The highest BCUT2D eigenvalue weighted by Crippen LogP contribution is 2.31. The summed E-state index contributed by atoms with van der Waals surface area (Å²) in [6.45, 7) is 1.41. The van der Waals surface area contributed by atoms with Crippen molar-refractivity contribution >= 4 is 51.5 Å². The van der Waals surface area contributed by atoms with Crippen molar-refractivity contribution in [2.24, 2.45) is 0 Å². The maximum Gasteiger partial charge on any atom is 0.273 e. The van der Waals surface area contributed by atoms with Crippen molar-refractivity contribution in [1.29, 1.82) is 0 Å². The van der Waals surface area contributed by atoms with Crippen LogP contribution in [-0.4, -0.2) is 64.7 Å². The number of nitrogens with one attached hydrogen (secondary N) is 2. The van der Waals surface area contributed by atoms with Crippen LogP contribution in [0, 0.1) is 0 Å². The first-order valence-corrected chi connectivity index (χ1v) is 15.7. The molecule has 0 spiro atoms. The number of aromatic nitrogens is 1. The van der Waals surface area contributed by atoms with Crippen LogP contribution < -0.4 is 10.6 Å². The van der Waals surface area contributed by atoms with E-state index in [-0.39, 0.29) is 34.6 Å². The summed E-state index contributed by atoms with van der Waals surface area (Å²) >= 11 is 6.23. The predicted molar refractivity (Wildman–Crippen MR) is 179 cm³/mol. The predicted octanol–water partition coefficient (Wildman–Crippen LogP) is 6.70. The van der Waals surface area contributed by atoms with E-state index in [0.717, 1.165) is 41.6 Å². The number of benzene rings is 3. The lowest BCUT2D eigenvalue weighted by molar-refractivity contribution is -0.124. The molecule has 10 heteroatoms. The maximum absolute atomic E-state index is 13.6. The normalized spacial score (nSPS) is 17.9. The molecule has 3 amide bonds. The molecule has 46 heavy (non-hydrogen) atoms. The summed E-state index contributed by atoms with van der Waals surface area (Å²) in [7, 11) is 1.95. The minimum Gasteiger partial charge on any atom is -0.456 e. The fourth-order valence-corrected chi connectivity index (χ4v) is 6.33. The van der Waals surface area contributed by atoms with Gasteiger partial charge >= 0.3 is 0 Å². The Morgan fingerprint density at radius 1 is 0.783 bits per heavy atom. The SMILES string of the molecule is CN1CCC1C(=O)Nc1ccc(-c2ccc(-c3ccc(NC(=O)[C@@H]4CCCN4C(=O)c4nc(Cl)cc5ccccc45)cc3)o2)cc1. The van der Waals surface area contributed by atoms with Crippen LogP contribution in [0.2, 0.25) is 5.15 Å². The second-order valence-electron chi connectivity index (χ2n) is 11.8. The molecule has 0 bridgehead atoms. The summed E-state index contributed by atoms with van der Waals surface area (Å²) in [5.41, 5.74) is 3.37. The summed E-state index contributed by atoms with van der Waals surface area (Å²) in [6, 6.07) is 27.3. The number of halogens is 1. The highest BCUT2D eigenvalue weighted by atomic mass is 35.5. The lowest BCUT2D eigenvalue weighted by Gasteiger charge is -2.36. The molecule has 2 saturated heterocycles. The second-order valence-corrected chi connectivity index (χ2v) is 12.1. The molecule has 0 aliphatic carbocycles. The number of anilines is 2. The van der Waals surface area contributed by atoms with Crippen molar-refractivity contribution < 1.29 is 18.8 Å². The summed E-state index contributed by atoms with van der Waals surface area (Å²) in [6.07, 6.45) is 2.16. The number of likely N-dealkylation sites (N-methyl/N-ethyl adjacent to an activating group) is 1. The van der Waals surface area contributed by atoms with Gasteiger partial charge in [0.15, 0.2) is 0 Å². The molecule has 2 N–H and O–H groups in total. The number of amides is 3. The Balaban J connectivity index is 0.994. The maximum atomic E-state index is 13.6. The number of nitrogens with zero attached hydrogens (tertiary/aromatic N) is 3. The molecule has 3 aromatic carbocycles. The number of hydrogen-bond donors (Lipinski definition) is 2. The molecular formula is C36H32ClN5O4. The number of fused-ring (bicyclic) bond motifs is 1. The van der Waals surface area contributed by atoms with E-state index in [1.807, 2.05) is 96.9 Å². The molecule has 4 heterocycles. The van der Waals surface area contributed by atoms with Crippen molar-refractivity contribution in [3.05, 3.63) is 102 Å². The molecule has 1 unspecified atom stereocenters. The van der Waals surface area contributed by atoms with E-state index in [1.54, 1.807) is 11.0 Å². The molecular weight excluding hydrogens is 602 g/mol. The number of carbonyl (C=O) groups is 3. The monoisotopic (exact) mass is 633 g/mol. The van der Waals surface area contributed by atoms with Gasteiger partial charge in [0.2, 0.25) is 11.8 Å². The number of hydrogen-bond acceptors (Lipinski definition) is 6. The average Bonchev–Trinajstić information content (AvgIpc) is 3.75. The zero-order valence-corrected chi connectivity index (χ0v) is 26.0. The van der Waals surface area contributed by atoms with Crippen LogP contribution in [0.3, 0.4) is 0 Å². The van der Waals surface area contributed by atoms with Gasteiger partial charge in [-0.3, -0.25) is 19.3 Å². The van der Waals surface area contributed by atoms with Gasteiger partial charge in [-0.25, -0.2) is 4.98 Å². The van der Waals surface area contributed by atoms with Gasteiger partial charge in [-0.05, 0) is 98.4 Å². The Morgan fingerprint density at radius 2 is 1.39 bits per heavy atom. The zero-order chi connectivity index (χ0) is 31.8. The van der Waals surface area contributed by atoms with Crippen molar-refractivity contribution in [3.63, 3.8) is 0 Å².